The lowest BCUT2D eigenvalue weighted by molar-refractivity contribution is -0.114. The summed E-state index contributed by atoms with van der Waals surface area (Å²) in [5.41, 5.74) is 1.24. The summed E-state index contributed by atoms with van der Waals surface area (Å²) in [4.78, 5) is 12.7. The molecule has 0 aliphatic carbocycles. The Morgan fingerprint density at radius 3 is 2.64 bits per heavy atom. The topological polar surface area (TPSA) is 17.1 Å². The first-order valence-corrected chi connectivity index (χ1v) is 5.88. The highest BCUT2D eigenvalue weighted by Crippen LogP contribution is 2.11. The van der Waals surface area contributed by atoms with Gasteiger partial charge in [0.15, 0.2) is 5.78 Å². The summed E-state index contributed by atoms with van der Waals surface area (Å²) in [7, 11) is 0. The van der Waals surface area contributed by atoms with E-state index >= 15 is 0 Å². The summed E-state index contributed by atoms with van der Waals surface area (Å²) in [6.45, 7) is 4.18. The van der Waals surface area contributed by atoms with Crippen LogP contribution in [0.1, 0.15) is 31.6 Å². The molecule has 1 heterocycles. The first kappa shape index (κ1) is 11.2. The second kappa shape index (κ2) is 5.76. The molecule has 1 aromatic heterocycles. The highest BCUT2D eigenvalue weighted by Gasteiger charge is 2.02. The molecule has 0 fully saturated rings. The molecule has 14 heavy (non-hydrogen) atoms. The molecule has 0 aliphatic heterocycles. The quantitative estimate of drug-likeness (QED) is 0.676. The summed E-state index contributed by atoms with van der Waals surface area (Å²) in [5, 5.41) is 2.01. The van der Waals surface area contributed by atoms with E-state index in [1.165, 1.54) is 5.57 Å². The monoisotopic (exact) mass is 208 g/mol. The van der Waals surface area contributed by atoms with Gasteiger partial charge in [-0.1, -0.05) is 25.5 Å². The highest BCUT2D eigenvalue weighted by atomic mass is 32.1. The molecule has 0 bridgehead atoms. The molecule has 0 saturated carbocycles. The maximum Gasteiger partial charge on any atom is 0.160 e. The molecule has 0 radical (unpaired) electrons. The van der Waals surface area contributed by atoms with Crippen molar-refractivity contribution < 1.29 is 4.79 Å². The molecule has 0 N–H and O–H groups in total. The van der Waals surface area contributed by atoms with Crippen LogP contribution in [0.15, 0.2) is 29.2 Å². The minimum absolute atomic E-state index is 0.228. The number of thiophene rings is 1. The summed E-state index contributed by atoms with van der Waals surface area (Å²) in [6, 6.07) is 3.99. The Morgan fingerprint density at radius 1 is 1.43 bits per heavy atom. The summed E-state index contributed by atoms with van der Waals surface area (Å²) >= 11 is 1.64. The van der Waals surface area contributed by atoms with Crippen molar-refractivity contribution in [3.05, 3.63) is 34.0 Å². The van der Waals surface area contributed by atoms with Crippen LogP contribution in [-0.2, 0) is 11.2 Å². The van der Waals surface area contributed by atoms with Gasteiger partial charge >= 0.3 is 0 Å². The lowest BCUT2D eigenvalue weighted by Gasteiger charge is -1.98. The molecule has 0 aliphatic rings. The van der Waals surface area contributed by atoms with E-state index in [0.717, 1.165) is 17.7 Å². The van der Waals surface area contributed by atoms with E-state index in [9.17, 15) is 4.79 Å². The molecule has 0 amide bonds. The van der Waals surface area contributed by atoms with Crippen LogP contribution in [0.3, 0.4) is 0 Å². The zero-order chi connectivity index (χ0) is 10.4. The fourth-order valence-electron chi connectivity index (χ4n) is 1.32. The van der Waals surface area contributed by atoms with Crippen LogP contribution < -0.4 is 0 Å². The Kier molecular flexibility index (Phi) is 4.60. The third-order valence-corrected chi connectivity index (χ3v) is 3.08. The van der Waals surface area contributed by atoms with Gasteiger partial charge in [0.2, 0.25) is 0 Å². The average Bonchev–Trinajstić information content (AvgIpc) is 2.66. The van der Waals surface area contributed by atoms with Crippen molar-refractivity contribution in [1.82, 2.24) is 0 Å². The second-order valence-corrected chi connectivity index (χ2v) is 4.26. The predicted octanol–water partition coefficient (Wildman–Crippen LogP) is 3.61. The van der Waals surface area contributed by atoms with Crippen LogP contribution in [0.4, 0.5) is 0 Å². The number of hydrogen-bond donors (Lipinski definition) is 0. The van der Waals surface area contributed by atoms with E-state index in [4.69, 9.17) is 0 Å². The van der Waals surface area contributed by atoms with Gasteiger partial charge in [-0.05, 0) is 30.4 Å². The minimum Gasteiger partial charge on any atom is -0.294 e. The van der Waals surface area contributed by atoms with Crippen molar-refractivity contribution >= 4 is 17.1 Å². The number of rotatable bonds is 5. The Morgan fingerprint density at radius 2 is 2.14 bits per heavy atom. The maximum absolute atomic E-state index is 11.6. The molecule has 0 aromatic carbocycles. The first-order chi connectivity index (χ1) is 6.76. The normalized spacial score (nSPS) is 9.86. The fraction of sp³-hybridized carbons (Fsp3) is 0.417. The van der Waals surface area contributed by atoms with Gasteiger partial charge in [-0.2, -0.15) is 0 Å². The van der Waals surface area contributed by atoms with E-state index in [-0.39, 0.29) is 5.78 Å². The van der Waals surface area contributed by atoms with Crippen LogP contribution >= 0.6 is 11.3 Å². The molecule has 0 saturated heterocycles. The fourth-order valence-corrected chi connectivity index (χ4v) is 2.03. The SMILES string of the molecule is CCC(=CC(=O)Cc1cccs1)CC. The van der Waals surface area contributed by atoms with Crippen LogP contribution in [0, 0.1) is 0 Å². The molecule has 0 spiro atoms. The van der Waals surface area contributed by atoms with Gasteiger partial charge in [-0.25, -0.2) is 0 Å². The Labute approximate surface area is 89.5 Å². The number of allylic oxidation sites excluding steroid dienone is 2. The molecule has 1 aromatic rings. The molecule has 1 rings (SSSR count). The van der Waals surface area contributed by atoms with Gasteiger partial charge in [0.05, 0.1) is 0 Å². The van der Waals surface area contributed by atoms with Gasteiger partial charge in [0.1, 0.15) is 0 Å². The summed E-state index contributed by atoms with van der Waals surface area (Å²) in [5.74, 6) is 0.228. The van der Waals surface area contributed by atoms with Gasteiger partial charge < -0.3 is 0 Å². The lowest BCUT2D eigenvalue weighted by Crippen LogP contribution is -1.98. The van der Waals surface area contributed by atoms with Gasteiger partial charge in [0, 0.05) is 11.3 Å². The summed E-state index contributed by atoms with van der Waals surface area (Å²) < 4.78 is 0. The number of carbonyl (C=O) groups is 1. The van der Waals surface area contributed by atoms with Gasteiger partial charge in [-0.3, -0.25) is 4.79 Å². The first-order valence-electron chi connectivity index (χ1n) is 5.01. The van der Waals surface area contributed by atoms with E-state index in [1.807, 2.05) is 17.5 Å². The second-order valence-electron chi connectivity index (χ2n) is 3.23. The number of carbonyl (C=O) groups excluding carboxylic acids is 1. The molecular formula is C12H16OS. The number of hydrogen-bond acceptors (Lipinski definition) is 2. The molecular weight excluding hydrogens is 192 g/mol. The minimum atomic E-state index is 0.228. The Hall–Kier alpha value is -0.890. The largest absolute Gasteiger partial charge is 0.294 e. The van der Waals surface area contributed by atoms with Gasteiger partial charge in [0.25, 0.3) is 0 Å². The summed E-state index contributed by atoms with van der Waals surface area (Å²) in [6.07, 6.45) is 4.32. The van der Waals surface area contributed by atoms with E-state index in [1.54, 1.807) is 17.4 Å². The zero-order valence-electron chi connectivity index (χ0n) is 8.75. The third kappa shape index (κ3) is 3.46. The number of ketones is 1. The van der Waals surface area contributed by atoms with E-state index in [2.05, 4.69) is 13.8 Å². The van der Waals surface area contributed by atoms with E-state index < -0.39 is 0 Å². The van der Waals surface area contributed by atoms with Crippen LogP contribution in [0.25, 0.3) is 0 Å². The van der Waals surface area contributed by atoms with Crippen LogP contribution in [-0.4, -0.2) is 5.78 Å². The average molecular weight is 208 g/mol. The van der Waals surface area contributed by atoms with Crippen molar-refractivity contribution in [3.63, 3.8) is 0 Å². The third-order valence-electron chi connectivity index (χ3n) is 2.20. The molecule has 1 nitrogen and oxygen atoms in total. The van der Waals surface area contributed by atoms with Crippen molar-refractivity contribution in [2.45, 2.75) is 33.1 Å². The van der Waals surface area contributed by atoms with Crippen molar-refractivity contribution in [2.24, 2.45) is 0 Å². The molecule has 0 atom stereocenters. The predicted molar refractivity (Wildman–Crippen MR) is 61.7 cm³/mol. The lowest BCUT2D eigenvalue weighted by atomic mass is 10.1. The van der Waals surface area contributed by atoms with Gasteiger partial charge in [-0.15, -0.1) is 11.3 Å². The standard InChI is InChI=1S/C12H16OS/c1-3-10(4-2)8-11(13)9-12-6-5-7-14-12/h5-8H,3-4,9H2,1-2H3. The van der Waals surface area contributed by atoms with Crippen molar-refractivity contribution in [3.8, 4) is 0 Å². The molecule has 76 valence electrons. The van der Waals surface area contributed by atoms with E-state index in [0.29, 0.717) is 6.42 Å². The Bertz CT molecular complexity index is 303. The highest BCUT2D eigenvalue weighted by molar-refractivity contribution is 7.10. The van der Waals surface area contributed by atoms with Crippen molar-refractivity contribution in [1.29, 1.82) is 0 Å². The van der Waals surface area contributed by atoms with Crippen LogP contribution in [0.2, 0.25) is 0 Å². The van der Waals surface area contributed by atoms with Crippen LogP contribution in [0.5, 0.6) is 0 Å². The molecule has 2 heteroatoms. The van der Waals surface area contributed by atoms with Crippen molar-refractivity contribution in [2.75, 3.05) is 0 Å². The zero-order valence-corrected chi connectivity index (χ0v) is 9.56. The smallest absolute Gasteiger partial charge is 0.160 e. The molecule has 0 unspecified atom stereocenters. The Balaban J connectivity index is 2.54. The maximum atomic E-state index is 11.6.